The van der Waals surface area contributed by atoms with Crippen LogP contribution in [0, 0.1) is 17.8 Å². The van der Waals surface area contributed by atoms with Crippen molar-refractivity contribution in [1.82, 2.24) is 0 Å². The van der Waals surface area contributed by atoms with E-state index in [9.17, 15) is 14.4 Å². The summed E-state index contributed by atoms with van der Waals surface area (Å²) in [5, 5.41) is 0. The second kappa shape index (κ2) is 16.5. The number of esters is 3. The summed E-state index contributed by atoms with van der Waals surface area (Å²) in [6.45, 7) is 15.0. The van der Waals surface area contributed by atoms with Crippen LogP contribution in [0.2, 0.25) is 0 Å². The van der Waals surface area contributed by atoms with Crippen molar-refractivity contribution in [3.63, 3.8) is 0 Å². The van der Waals surface area contributed by atoms with E-state index >= 15 is 0 Å². The molecule has 0 aromatic heterocycles. The van der Waals surface area contributed by atoms with Crippen LogP contribution in [-0.4, -0.2) is 38.2 Å². The van der Waals surface area contributed by atoms with Gasteiger partial charge in [-0.25, -0.2) is 14.4 Å². The van der Waals surface area contributed by atoms with E-state index in [-0.39, 0.29) is 12.6 Å². The van der Waals surface area contributed by atoms with E-state index in [4.69, 9.17) is 18.9 Å². The molecule has 0 bridgehead atoms. The van der Waals surface area contributed by atoms with Gasteiger partial charge < -0.3 is 18.9 Å². The summed E-state index contributed by atoms with van der Waals surface area (Å²) in [5.74, 6) is 2.13. The van der Waals surface area contributed by atoms with Gasteiger partial charge >= 0.3 is 17.9 Å². The first-order chi connectivity index (χ1) is 22.0. The topological polar surface area (TPSA) is 88.1 Å². The lowest BCUT2D eigenvalue weighted by atomic mass is 9.68. The molecule has 0 atom stereocenters. The second-order valence-corrected chi connectivity index (χ2v) is 13.0. The summed E-state index contributed by atoms with van der Waals surface area (Å²) < 4.78 is 21.5. The first kappa shape index (κ1) is 34.9. The van der Waals surface area contributed by atoms with Crippen LogP contribution in [0.15, 0.2) is 78.9 Å². The Kier molecular flexibility index (Phi) is 12.6. The first-order valence-electron chi connectivity index (χ1n) is 16.4. The molecule has 0 radical (unpaired) electrons. The lowest BCUT2D eigenvalue weighted by Crippen LogP contribution is -2.26. The van der Waals surface area contributed by atoms with E-state index < -0.39 is 11.9 Å². The Labute approximate surface area is 273 Å². The van der Waals surface area contributed by atoms with Crippen molar-refractivity contribution < 1.29 is 33.3 Å². The minimum atomic E-state index is -0.453. The Bertz CT molecular complexity index is 1420. The van der Waals surface area contributed by atoms with Crippen molar-refractivity contribution in [3.05, 3.63) is 84.5 Å². The molecule has 7 heteroatoms. The van der Waals surface area contributed by atoms with Gasteiger partial charge in [0.25, 0.3) is 0 Å². The summed E-state index contributed by atoms with van der Waals surface area (Å²) in [6, 6.07) is 13.4. The van der Waals surface area contributed by atoms with E-state index in [1.807, 2.05) is 24.3 Å². The number of benzene rings is 2. The molecule has 2 fully saturated rings. The van der Waals surface area contributed by atoms with Crippen molar-refractivity contribution in [2.45, 2.75) is 77.6 Å². The highest BCUT2D eigenvalue weighted by molar-refractivity contribution is 5.90. The van der Waals surface area contributed by atoms with Gasteiger partial charge in [0.2, 0.25) is 0 Å². The lowest BCUT2D eigenvalue weighted by molar-refractivity contribution is -0.140. The third-order valence-electron chi connectivity index (χ3n) is 9.44. The van der Waals surface area contributed by atoms with Crippen LogP contribution in [0.1, 0.15) is 83.1 Å². The molecular weight excluding hydrogens is 580 g/mol. The fourth-order valence-corrected chi connectivity index (χ4v) is 6.74. The van der Waals surface area contributed by atoms with Crippen LogP contribution in [-0.2, 0) is 23.9 Å². The Hall–Kier alpha value is -3.97. The largest absolute Gasteiger partial charge is 0.462 e. The van der Waals surface area contributed by atoms with Crippen LogP contribution in [0.4, 0.5) is 0 Å². The number of hydrogen-bond acceptors (Lipinski definition) is 7. The van der Waals surface area contributed by atoms with Crippen molar-refractivity contribution in [2.75, 3.05) is 20.3 Å². The minimum absolute atomic E-state index is 0.197. The van der Waals surface area contributed by atoms with E-state index in [0.717, 1.165) is 54.7 Å². The van der Waals surface area contributed by atoms with Gasteiger partial charge in [0.1, 0.15) is 11.5 Å². The Morgan fingerprint density at radius 2 is 1.28 bits per heavy atom. The lowest BCUT2D eigenvalue weighted by Gasteiger charge is -2.38. The van der Waals surface area contributed by atoms with Crippen LogP contribution in [0.25, 0.3) is 11.1 Å². The molecule has 2 aliphatic rings. The van der Waals surface area contributed by atoms with Gasteiger partial charge in [-0.2, -0.15) is 0 Å². The van der Waals surface area contributed by atoms with E-state index in [0.29, 0.717) is 52.6 Å². The number of carbonyl (C=O) groups excluding carboxylic acids is 3. The molecule has 0 spiro atoms. The maximum absolute atomic E-state index is 12.5. The third kappa shape index (κ3) is 9.52. The van der Waals surface area contributed by atoms with E-state index in [1.54, 1.807) is 26.0 Å². The van der Waals surface area contributed by atoms with Gasteiger partial charge in [-0.1, -0.05) is 50.8 Å². The predicted octanol–water partition coefficient (Wildman–Crippen LogP) is 8.53. The first-order valence-corrected chi connectivity index (χ1v) is 16.4. The summed E-state index contributed by atoms with van der Waals surface area (Å²) in [7, 11) is 1.54. The van der Waals surface area contributed by atoms with Gasteiger partial charge in [-0.15, -0.1) is 0 Å². The van der Waals surface area contributed by atoms with E-state index in [1.165, 1.54) is 32.8 Å². The molecule has 2 saturated carbocycles. The number of ether oxygens (including phenoxy) is 4. The molecular formula is C39H48O7. The quantitative estimate of drug-likeness (QED) is 0.125. The Balaban J connectivity index is 1.36. The van der Waals surface area contributed by atoms with Gasteiger partial charge in [-0.05, 0) is 123 Å². The monoisotopic (exact) mass is 628 g/mol. The molecule has 0 aliphatic heterocycles. The molecule has 2 aliphatic carbocycles. The summed E-state index contributed by atoms with van der Waals surface area (Å²) in [5.41, 5.74) is 4.11. The summed E-state index contributed by atoms with van der Waals surface area (Å²) >= 11 is 0. The molecule has 0 unspecified atom stereocenters. The molecule has 4 rings (SSSR count). The molecule has 0 saturated heterocycles. The zero-order valence-corrected chi connectivity index (χ0v) is 27.6. The average molecular weight is 629 g/mol. The number of hydrogen-bond donors (Lipinski definition) is 0. The molecule has 0 N–H and O–H groups in total. The molecule has 2 aromatic carbocycles. The molecule has 2 aromatic rings. The number of methoxy groups -OCH3 is 1. The van der Waals surface area contributed by atoms with Crippen molar-refractivity contribution >= 4 is 17.9 Å². The van der Waals surface area contributed by atoms with Gasteiger partial charge in [0.15, 0.2) is 0 Å². The average Bonchev–Trinajstić information content (AvgIpc) is 3.05. The van der Waals surface area contributed by atoms with Crippen molar-refractivity contribution in [3.8, 4) is 22.6 Å². The van der Waals surface area contributed by atoms with Crippen LogP contribution >= 0.6 is 0 Å². The van der Waals surface area contributed by atoms with Gasteiger partial charge in [-0.3, -0.25) is 0 Å². The third-order valence-corrected chi connectivity index (χ3v) is 9.44. The fraction of sp³-hybridized carbons (Fsp3) is 0.462. The Morgan fingerprint density at radius 1 is 0.717 bits per heavy atom. The summed E-state index contributed by atoms with van der Waals surface area (Å²) in [6.07, 6.45) is 10.1. The molecule has 7 nitrogen and oxygen atoms in total. The highest BCUT2D eigenvalue weighted by Gasteiger charge is 2.32. The van der Waals surface area contributed by atoms with Crippen LogP contribution in [0.3, 0.4) is 0 Å². The van der Waals surface area contributed by atoms with E-state index in [2.05, 4.69) is 25.8 Å². The summed E-state index contributed by atoms with van der Waals surface area (Å²) in [4.78, 5) is 36.4. The molecule has 246 valence electrons. The number of rotatable bonds is 13. The van der Waals surface area contributed by atoms with Crippen LogP contribution in [0.5, 0.6) is 11.5 Å². The maximum Gasteiger partial charge on any atom is 0.338 e. The highest BCUT2D eigenvalue weighted by Crippen LogP contribution is 2.46. The normalized spacial score (nSPS) is 21.1. The molecule has 0 heterocycles. The predicted molar refractivity (Wildman–Crippen MR) is 180 cm³/mol. The fourth-order valence-electron chi connectivity index (χ4n) is 6.74. The standard InChI is InChI=1S/C39H48O7/c1-25(2)37(40)45-34-18-15-31(16-19-34)33-17-20-36(46-38(41)26(3)4)35(23-33)32-13-11-30(12-14-32)29-9-7-28(8-10-29)21-22-44-39(42)27(5)24-43-6/h15-20,23,28-30,32H,1,3,5,7-14,21-22,24H2,2,4,6H3. The second-order valence-electron chi connectivity index (χ2n) is 13.0. The highest BCUT2D eigenvalue weighted by atomic mass is 16.5. The number of carbonyl (C=O) groups is 3. The van der Waals surface area contributed by atoms with Crippen molar-refractivity contribution in [1.29, 1.82) is 0 Å². The Morgan fingerprint density at radius 3 is 1.87 bits per heavy atom. The minimum Gasteiger partial charge on any atom is -0.462 e. The zero-order valence-electron chi connectivity index (χ0n) is 27.6. The SMILES string of the molecule is C=C(C)C(=O)Oc1ccc(-c2ccc(OC(=O)C(=C)C)c(C3CCC(C4CCC(CCOC(=O)C(=C)COC)CC4)CC3)c2)cc1. The van der Waals surface area contributed by atoms with Gasteiger partial charge in [0, 0.05) is 18.3 Å². The zero-order chi connectivity index (χ0) is 33.2. The van der Waals surface area contributed by atoms with Crippen molar-refractivity contribution in [2.24, 2.45) is 17.8 Å². The molecule has 46 heavy (non-hydrogen) atoms. The smallest absolute Gasteiger partial charge is 0.338 e. The molecule has 0 amide bonds. The maximum atomic E-state index is 12.5. The van der Waals surface area contributed by atoms with Gasteiger partial charge in [0.05, 0.1) is 18.8 Å². The van der Waals surface area contributed by atoms with Crippen LogP contribution < -0.4 is 9.47 Å².